The van der Waals surface area contributed by atoms with Crippen molar-refractivity contribution >= 4 is 5.97 Å². The van der Waals surface area contributed by atoms with Gasteiger partial charge in [-0.1, -0.05) is 24.8 Å². The molecule has 10 heteroatoms. The fourth-order valence-electron chi connectivity index (χ4n) is 1.84. The van der Waals surface area contributed by atoms with Gasteiger partial charge in [-0.05, 0) is 12.1 Å². The van der Waals surface area contributed by atoms with Gasteiger partial charge in [0, 0.05) is 6.08 Å². The van der Waals surface area contributed by atoms with E-state index in [1.165, 1.54) is 0 Å². The van der Waals surface area contributed by atoms with Crippen LogP contribution in [0.3, 0.4) is 0 Å². The molecule has 0 amide bonds. The average molecular weight is 446 g/mol. The van der Waals surface area contributed by atoms with E-state index in [0.29, 0.717) is 65.2 Å². The minimum atomic E-state index is -0.981. The number of carboxylic acids is 1. The number of carboxylic acid groups (broad SMARTS) is 1. The summed E-state index contributed by atoms with van der Waals surface area (Å²) in [6, 6.07) is 9.18. The fraction of sp³-hybridized carbons (Fsp3) is 0.571. The van der Waals surface area contributed by atoms with Crippen molar-refractivity contribution in [2.45, 2.75) is 6.29 Å². The topological polar surface area (TPSA) is 133 Å². The summed E-state index contributed by atoms with van der Waals surface area (Å²) in [5, 5.41) is 25.4. The molecule has 0 saturated heterocycles. The Morgan fingerprint density at radius 1 is 0.839 bits per heavy atom. The van der Waals surface area contributed by atoms with E-state index in [0.717, 1.165) is 6.08 Å². The van der Waals surface area contributed by atoms with Gasteiger partial charge in [-0.15, -0.1) is 0 Å². The van der Waals surface area contributed by atoms with Crippen molar-refractivity contribution in [2.75, 3.05) is 72.7 Å². The molecule has 0 aliphatic heterocycles. The highest BCUT2D eigenvalue weighted by Crippen LogP contribution is 2.11. The molecule has 1 unspecified atom stereocenters. The van der Waals surface area contributed by atoms with Gasteiger partial charge in [0.15, 0.2) is 0 Å². The molecule has 178 valence electrons. The molecule has 1 aromatic carbocycles. The van der Waals surface area contributed by atoms with Crippen LogP contribution in [0.1, 0.15) is 0 Å². The minimum absolute atomic E-state index is 0.0227. The molecule has 0 aliphatic rings. The lowest BCUT2D eigenvalue weighted by Gasteiger charge is -2.17. The highest BCUT2D eigenvalue weighted by atomic mass is 16.7. The van der Waals surface area contributed by atoms with Crippen LogP contribution in [0.2, 0.25) is 0 Å². The molecule has 0 aromatic heterocycles. The normalized spacial score (nSPS) is 11.3. The first-order valence-corrected chi connectivity index (χ1v) is 9.85. The smallest absolute Gasteiger partial charge is 0.327 e. The third-order valence-corrected chi connectivity index (χ3v) is 3.22. The Bertz CT molecular complexity index is 526. The van der Waals surface area contributed by atoms with E-state index in [9.17, 15) is 9.90 Å². The third kappa shape index (κ3) is 21.0. The number of benzene rings is 1. The second-order valence-electron chi connectivity index (χ2n) is 5.63. The van der Waals surface area contributed by atoms with E-state index in [1.807, 2.05) is 18.2 Å². The first kappa shape index (κ1) is 28.9. The maximum absolute atomic E-state index is 9.25. The zero-order valence-corrected chi connectivity index (χ0v) is 17.7. The SMILES string of the molecule is C=CC(=O)O.OCCOCCOCCOCCOCCOC(CO)Oc1ccccc1. The number of para-hydroxylation sites is 1. The van der Waals surface area contributed by atoms with Gasteiger partial charge in [-0.3, -0.25) is 0 Å². The van der Waals surface area contributed by atoms with Gasteiger partial charge >= 0.3 is 5.97 Å². The monoisotopic (exact) mass is 446 g/mol. The van der Waals surface area contributed by atoms with Crippen LogP contribution in [0.25, 0.3) is 0 Å². The van der Waals surface area contributed by atoms with Crippen molar-refractivity contribution in [2.24, 2.45) is 0 Å². The van der Waals surface area contributed by atoms with Crippen molar-refractivity contribution in [1.29, 1.82) is 0 Å². The van der Waals surface area contributed by atoms with Crippen LogP contribution in [0.4, 0.5) is 0 Å². The lowest BCUT2D eigenvalue weighted by molar-refractivity contribution is -0.131. The van der Waals surface area contributed by atoms with Gasteiger partial charge in [0.05, 0.1) is 66.1 Å². The molecule has 1 aromatic rings. The Hall–Kier alpha value is -2.05. The molecule has 0 radical (unpaired) electrons. The highest BCUT2D eigenvalue weighted by Gasteiger charge is 2.08. The van der Waals surface area contributed by atoms with Crippen LogP contribution in [0.5, 0.6) is 5.75 Å². The number of rotatable bonds is 19. The Balaban J connectivity index is 0.00000161. The maximum atomic E-state index is 9.25. The van der Waals surface area contributed by atoms with Gasteiger partial charge in [-0.2, -0.15) is 0 Å². The van der Waals surface area contributed by atoms with Gasteiger partial charge < -0.3 is 43.7 Å². The van der Waals surface area contributed by atoms with Crippen LogP contribution >= 0.6 is 0 Å². The average Bonchev–Trinajstić information content (AvgIpc) is 2.79. The number of ether oxygens (including phenoxy) is 6. The van der Waals surface area contributed by atoms with E-state index in [-0.39, 0.29) is 13.2 Å². The number of aliphatic carboxylic acids is 1. The molecule has 1 atom stereocenters. The lowest BCUT2D eigenvalue weighted by Crippen LogP contribution is -2.26. The highest BCUT2D eigenvalue weighted by molar-refractivity contribution is 5.78. The largest absolute Gasteiger partial charge is 0.478 e. The maximum Gasteiger partial charge on any atom is 0.327 e. The molecule has 3 N–H and O–H groups in total. The molecule has 10 nitrogen and oxygen atoms in total. The molecule has 0 fully saturated rings. The van der Waals surface area contributed by atoms with E-state index in [2.05, 4.69) is 6.58 Å². The summed E-state index contributed by atoms with van der Waals surface area (Å²) in [6.07, 6.45) is 0.121. The summed E-state index contributed by atoms with van der Waals surface area (Å²) in [5.41, 5.74) is 0. The molecule has 1 rings (SSSR count). The van der Waals surface area contributed by atoms with E-state index in [4.69, 9.17) is 38.6 Å². The van der Waals surface area contributed by atoms with Crippen molar-refractivity contribution < 1.29 is 48.5 Å². The predicted octanol–water partition coefficient (Wildman–Crippen LogP) is 0.716. The van der Waals surface area contributed by atoms with Crippen LogP contribution in [0, 0.1) is 0 Å². The van der Waals surface area contributed by atoms with E-state index >= 15 is 0 Å². The summed E-state index contributed by atoms with van der Waals surface area (Å²) in [4.78, 5) is 9.25. The van der Waals surface area contributed by atoms with Crippen molar-refractivity contribution in [1.82, 2.24) is 0 Å². The van der Waals surface area contributed by atoms with Crippen molar-refractivity contribution in [3.05, 3.63) is 43.0 Å². The van der Waals surface area contributed by atoms with Crippen LogP contribution in [-0.4, -0.2) is 100 Å². The summed E-state index contributed by atoms with van der Waals surface area (Å²) in [7, 11) is 0. The summed E-state index contributed by atoms with van der Waals surface area (Å²) in [6.45, 7) is 6.61. The fourth-order valence-corrected chi connectivity index (χ4v) is 1.84. The molecule has 0 spiro atoms. The third-order valence-electron chi connectivity index (χ3n) is 3.22. The van der Waals surface area contributed by atoms with Gasteiger partial charge in [0.2, 0.25) is 6.29 Å². The first-order chi connectivity index (χ1) is 15.1. The lowest BCUT2D eigenvalue weighted by atomic mass is 10.3. The van der Waals surface area contributed by atoms with Crippen LogP contribution in [0.15, 0.2) is 43.0 Å². The number of hydrogen-bond acceptors (Lipinski definition) is 9. The Labute approximate surface area is 182 Å². The zero-order chi connectivity index (χ0) is 23.0. The second-order valence-corrected chi connectivity index (χ2v) is 5.63. The second kappa shape index (κ2) is 22.6. The van der Waals surface area contributed by atoms with Crippen molar-refractivity contribution in [3.8, 4) is 5.75 Å². The summed E-state index contributed by atoms with van der Waals surface area (Å²) < 4.78 is 32.0. The molecule has 0 aliphatic carbocycles. The number of carbonyl (C=O) groups is 1. The number of aliphatic hydroxyl groups excluding tert-OH is 2. The molecule has 0 heterocycles. The molecular formula is C21H34O10. The molecule has 0 bridgehead atoms. The molecular weight excluding hydrogens is 412 g/mol. The Morgan fingerprint density at radius 3 is 1.71 bits per heavy atom. The summed E-state index contributed by atoms with van der Waals surface area (Å²) in [5.74, 6) is -0.340. The number of aliphatic hydroxyl groups is 2. The standard InChI is InChI=1S/C18H30O8.C3H4O2/c19-6-7-21-8-9-22-10-11-23-12-13-24-14-15-25-18(16-20)26-17-4-2-1-3-5-17;1-2-3(4)5/h1-5,18-20H,6-16H2;2H,1H2,(H,4,5). The Morgan fingerprint density at radius 2 is 1.29 bits per heavy atom. The molecule has 31 heavy (non-hydrogen) atoms. The van der Waals surface area contributed by atoms with E-state index < -0.39 is 12.3 Å². The minimum Gasteiger partial charge on any atom is -0.478 e. The predicted molar refractivity (Wildman–Crippen MR) is 112 cm³/mol. The number of hydrogen-bond donors (Lipinski definition) is 3. The van der Waals surface area contributed by atoms with E-state index in [1.54, 1.807) is 12.1 Å². The molecule has 0 saturated carbocycles. The van der Waals surface area contributed by atoms with Crippen LogP contribution in [-0.2, 0) is 28.5 Å². The van der Waals surface area contributed by atoms with Crippen molar-refractivity contribution in [3.63, 3.8) is 0 Å². The first-order valence-electron chi connectivity index (χ1n) is 9.85. The van der Waals surface area contributed by atoms with Crippen LogP contribution < -0.4 is 4.74 Å². The Kier molecular flexibility index (Phi) is 21.1. The van der Waals surface area contributed by atoms with Gasteiger partial charge in [0.1, 0.15) is 12.4 Å². The van der Waals surface area contributed by atoms with Gasteiger partial charge in [0.25, 0.3) is 0 Å². The summed E-state index contributed by atoms with van der Waals surface area (Å²) >= 11 is 0. The quantitative estimate of drug-likeness (QED) is 0.159. The zero-order valence-electron chi connectivity index (χ0n) is 17.7. The van der Waals surface area contributed by atoms with Gasteiger partial charge in [-0.25, -0.2) is 4.79 Å².